The van der Waals surface area contributed by atoms with E-state index >= 15 is 0 Å². The first kappa shape index (κ1) is 42.8. The van der Waals surface area contributed by atoms with Crippen molar-refractivity contribution in [2.24, 2.45) is 23.2 Å². The smallest absolute Gasteiger partial charge is 0.410 e. The SMILES string of the molecule is COCCCN(CC1(O)CCC2c3ccc(cc3C(=O)c3ccc(-c4ccccc4)cc3)CC(O)CCC(C)=CCCC21C)C(=O)OC1CC(C)CCC1C(C)C. The van der Waals surface area contributed by atoms with Crippen LogP contribution in [-0.4, -0.2) is 71.6 Å². The summed E-state index contributed by atoms with van der Waals surface area (Å²) in [5, 5.41) is 24.2. The van der Waals surface area contributed by atoms with Crippen LogP contribution >= 0.6 is 0 Å². The highest BCUT2D eigenvalue weighted by atomic mass is 16.6. The van der Waals surface area contributed by atoms with Gasteiger partial charge in [0.25, 0.3) is 0 Å². The molecule has 0 aliphatic heterocycles. The standard InChI is InChI=1S/C50H67NO6/c1-34(2)42-23-16-36(4)30-46(42)57-48(54)51(28-11-29-56-6)33-50(55)27-25-45-43-24-17-37(31-41(52)22-15-35(3)12-10-26-49(45,50)5)32-44(43)47(53)40-20-18-39(19-21-40)38-13-8-7-9-14-38/h7-9,12-14,17-21,24,32,34,36,41-42,45-46,52,55H,10-11,15-16,22-23,25-31,33H2,1-6H3. The van der Waals surface area contributed by atoms with Gasteiger partial charge in [0.15, 0.2) is 5.78 Å². The number of ether oxygens (including phenoxy) is 2. The summed E-state index contributed by atoms with van der Waals surface area (Å²) in [6.07, 6.45) is 9.35. The van der Waals surface area contributed by atoms with Gasteiger partial charge in [-0.05, 0) is 123 Å². The fourth-order valence-electron chi connectivity index (χ4n) is 10.2. The zero-order valence-corrected chi connectivity index (χ0v) is 35.3. The number of hydrogen-bond acceptors (Lipinski definition) is 6. The molecule has 4 aliphatic rings. The van der Waals surface area contributed by atoms with E-state index in [1.54, 1.807) is 12.0 Å². The molecule has 0 spiro atoms. The van der Waals surface area contributed by atoms with Crippen molar-refractivity contribution in [3.05, 3.63) is 107 Å². The molecule has 2 fully saturated rings. The Morgan fingerprint density at radius 3 is 2.40 bits per heavy atom. The van der Waals surface area contributed by atoms with Crippen LogP contribution in [0.15, 0.2) is 84.4 Å². The molecule has 4 aliphatic carbocycles. The molecule has 3 aromatic carbocycles. The van der Waals surface area contributed by atoms with E-state index in [4.69, 9.17) is 9.47 Å². The Bertz CT molecular complexity index is 1840. The molecule has 7 atom stereocenters. The maximum atomic E-state index is 14.7. The average Bonchev–Trinajstić information content (AvgIpc) is 3.45. The molecule has 7 rings (SSSR count). The van der Waals surface area contributed by atoms with Gasteiger partial charge in [-0.2, -0.15) is 0 Å². The second kappa shape index (κ2) is 18.9. The molecule has 2 bridgehead atoms. The van der Waals surface area contributed by atoms with E-state index in [0.717, 1.165) is 54.4 Å². The molecule has 308 valence electrons. The molecule has 0 radical (unpaired) electrons. The Balaban J connectivity index is 1.36. The normalized spacial score (nSPS) is 28.0. The lowest BCUT2D eigenvalue weighted by molar-refractivity contribution is -0.0868. The van der Waals surface area contributed by atoms with Gasteiger partial charge in [-0.15, -0.1) is 0 Å². The molecule has 7 heteroatoms. The largest absolute Gasteiger partial charge is 0.446 e. The molecule has 1 amide bonds. The number of amides is 1. The molecule has 2 saturated carbocycles. The highest BCUT2D eigenvalue weighted by Crippen LogP contribution is 2.59. The summed E-state index contributed by atoms with van der Waals surface area (Å²) in [6.45, 7) is 12.0. The number of carbonyl (C=O) groups is 2. The lowest BCUT2D eigenvalue weighted by Crippen LogP contribution is -2.54. The number of aliphatic hydroxyl groups excluding tert-OH is 1. The summed E-state index contributed by atoms with van der Waals surface area (Å²) in [6, 6.07) is 24.1. The highest BCUT2D eigenvalue weighted by Gasteiger charge is 2.58. The predicted octanol–water partition coefficient (Wildman–Crippen LogP) is 10.6. The third-order valence-corrected chi connectivity index (χ3v) is 13.9. The van der Waals surface area contributed by atoms with E-state index in [-0.39, 0.29) is 30.4 Å². The van der Waals surface area contributed by atoms with Crippen molar-refractivity contribution in [3.63, 3.8) is 0 Å². The summed E-state index contributed by atoms with van der Waals surface area (Å²) in [5.74, 6) is 1.000. The van der Waals surface area contributed by atoms with Gasteiger partial charge in [-0.25, -0.2) is 4.79 Å². The minimum absolute atomic E-state index is 0.0623. The van der Waals surface area contributed by atoms with E-state index in [2.05, 4.69) is 65.0 Å². The number of benzene rings is 3. The van der Waals surface area contributed by atoms with Gasteiger partial charge < -0.3 is 24.6 Å². The lowest BCUT2D eigenvalue weighted by atomic mass is 9.64. The van der Waals surface area contributed by atoms with Gasteiger partial charge >= 0.3 is 6.09 Å². The number of fused-ring (bicyclic) bond motifs is 8. The Labute approximate surface area is 341 Å². The maximum Gasteiger partial charge on any atom is 0.410 e. The molecular weight excluding hydrogens is 711 g/mol. The fourth-order valence-corrected chi connectivity index (χ4v) is 10.2. The van der Waals surface area contributed by atoms with E-state index in [1.807, 2.05) is 48.5 Å². The van der Waals surface area contributed by atoms with Crippen LogP contribution in [0.5, 0.6) is 0 Å². The van der Waals surface area contributed by atoms with Crippen molar-refractivity contribution in [2.75, 3.05) is 26.8 Å². The molecular formula is C50H67NO6. The molecule has 57 heavy (non-hydrogen) atoms. The number of ketones is 1. The first-order valence-corrected chi connectivity index (χ1v) is 21.7. The van der Waals surface area contributed by atoms with Gasteiger partial charge in [-0.3, -0.25) is 4.79 Å². The zero-order chi connectivity index (χ0) is 40.7. The second-order valence-corrected chi connectivity index (χ2v) is 18.2. The van der Waals surface area contributed by atoms with Gasteiger partial charge in [0, 0.05) is 36.8 Å². The average molecular weight is 778 g/mol. The number of methoxy groups -OCH3 is 1. The number of allylic oxidation sites excluding steroid dienone is 2. The summed E-state index contributed by atoms with van der Waals surface area (Å²) in [4.78, 5) is 30.8. The molecule has 7 nitrogen and oxygen atoms in total. The highest BCUT2D eigenvalue weighted by molar-refractivity contribution is 6.10. The third kappa shape index (κ3) is 9.92. The van der Waals surface area contributed by atoms with E-state index in [1.165, 1.54) is 5.57 Å². The minimum atomic E-state index is -1.24. The van der Waals surface area contributed by atoms with Crippen molar-refractivity contribution in [2.45, 2.75) is 129 Å². The molecule has 0 aromatic heterocycles. The summed E-state index contributed by atoms with van der Waals surface area (Å²) in [7, 11) is 1.67. The first-order valence-electron chi connectivity index (χ1n) is 21.7. The van der Waals surface area contributed by atoms with Crippen LogP contribution in [0.3, 0.4) is 0 Å². The molecule has 0 saturated heterocycles. The van der Waals surface area contributed by atoms with Crippen LogP contribution in [0.25, 0.3) is 11.1 Å². The van der Waals surface area contributed by atoms with Crippen molar-refractivity contribution in [1.29, 1.82) is 0 Å². The van der Waals surface area contributed by atoms with Crippen molar-refractivity contribution < 1.29 is 29.3 Å². The number of carbonyl (C=O) groups excluding carboxylic acids is 2. The van der Waals surface area contributed by atoms with Crippen molar-refractivity contribution in [3.8, 4) is 11.1 Å². The van der Waals surface area contributed by atoms with Crippen LogP contribution < -0.4 is 0 Å². The van der Waals surface area contributed by atoms with E-state index < -0.39 is 17.1 Å². The van der Waals surface area contributed by atoms with Crippen LogP contribution in [0.1, 0.15) is 132 Å². The van der Waals surface area contributed by atoms with E-state index in [9.17, 15) is 19.8 Å². The zero-order valence-electron chi connectivity index (χ0n) is 35.3. The number of aliphatic hydroxyl groups is 2. The number of nitrogens with zero attached hydrogens (tertiary/aromatic N) is 1. The summed E-state index contributed by atoms with van der Waals surface area (Å²) in [5.41, 5.74) is 4.51. The van der Waals surface area contributed by atoms with Crippen LogP contribution in [0.2, 0.25) is 0 Å². The Morgan fingerprint density at radius 1 is 0.947 bits per heavy atom. The second-order valence-electron chi connectivity index (χ2n) is 18.2. The van der Waals surface area contributed by atoms with Crippen molar-refractivity contribution in [1.82, 2.24) is 4.90 Å². The first-order chi connectivity index (χ1) is 27.3. The summed E-state index contributed by atoms with van der Waals surface area (Å²) < 4.78 is 11.8. The van der Waals surface area contributed by atoms with Crippen molar-refractivity contribution >= 4 is 11.9 Å². The van der Waals surface area contributed by atoms with E-state index in [0.29, 0.717) is 80.6 Å². The monoisotopic (exact) mass is 777 g/mol. The molecule has 2 N–H and O–H groups in total. The topological polar surface area (TPSA) is 96.3 Å². The third-order valence-electron chi connectivity index (χ3n) is 13.9. The Morgan fingerprint density at radius 2 is 1.68 bits per heavy atom. The number of rotatable bonds is 11. The molecule has 3 aromatic rings. The van der Waals surface area contributed by atoms with Gasteiger partial charge in [0.2, 0.25) is 0 Å². The van der Waals surface area contributed by atoms with Gasteiger partial charge in [0.05, 0.1) is 18.2 Å². The van der Waals surface area contributed by atoms with Gasteiger partial charge in [0.1, 0.15) is 6.10 Å². The van der Waals surface area contributed by atoms with Crippen LogP contribution in [-0.2, 0) is 15.9 Å². The maximum absolute atomic E-state index is 14.7. The Hall–Kier alpha value is -3.78. The Kier molecular flexibility index (Phi) is 14.2. The summed E-state index contributed by atoms with van der Waals surface area (Å²) >= 11 is 0. The molecule has 7 unspecified atom stereocenters. The van der Waals surface area contributed by atoms with Crippen LogP contribution in [0.4, 0.5) is 4.79 Å². The lowest BCUT2D eigenvalue weighted by Gasteiger charge is -2.46. The fraction of sp³-hybridized carbons (Fsp3) is 0.560. The number of hydrogen-bond donors (Lipinski definition) is 2. The van der Waals surface area contributed by atoms with Crippen LogP contribution in [0, 0.1) is 23.2 Å². The molecule has 0 heterocycles. The minimum Gasteiger partial charge on any atom is -0.446 e. The predicted molar refractivity (Wildman–Crippen MR) is 228 cm³/mol. The van der Waals surface area contributed by atoms with Gasteiger partial charge in [-0.1, -0.05) is 112 Å². The quantitative estimate of drug-likeness (QED) is 0.114.